The van der Waals surface area contributed by atoms with Gasteiger partial charge in [0.25, 0.3) is 0 Å². The van der Waals surface area contributed by atoms with Crippen LogP contribution in [0.4, 0.5) is 5.13 Å². The van der Waals surface area contributed by atoms with Crippen LogP contribution in [-0.2, 0) is 16.0 Å². The summed E-state index contributed by atoms with van der Waals surface area (Å²) in [6, 6.07) is 0. The molecule has 8 nitrogen and oxygen atoms in total. The lowest BCUT2D eigenvalue weighted by Crippen LogP contribution is -2.58. The Bertz CT molecular complexity index is 930. The Morgan fingerprint density at radius 1 is 1.20 bits per heavy atom. The average Bonchev–Trinajstić information content (AvgIpc) is 3.25. The van der Waals surface area contributed by atoms with Gasteiger partial charge in [-0.3, -0.25) is 9.59 Å². The summed E-state index contributed by atoms with van der Waals surface area (Å²) in [6.45, 7) is 11.1. The Balaban J connectivity index is 1.63. The van der Waals surface area contributed by atoms with E-state index in [1.807, 2.05) is 11.8 Å². The number of hydrogen-bond acceptors (Lipinski definition) is 7. The van der Waals surface area contributed by atoms with Crippen molar-refractivity contribution in [2.24, 2.45) is 16.7 Å². The molecule has 1 saturated carbocycles. The molecule has 2 fully saturated rings. The molecule has 0 aromatic carbocycles. The monoisotopic (exact) mass is 506 g/mol. The van der Waals surface area contributed by atoms with Crippen molar-refractivity contribution in [1.82, 2.24) is 14.8 Å². The summed E-state index contributed by atoms with van der Waals surface area (Å²) in [4.78, 5) is 35.2. The fourth-order valence-corrected chi connectivity index (χ4v) is 7.76. The molecule has 0 unspecified atom stereocenters. The quantitative estimate of drug-likeness (QED) is 0.491. The van der Waals surface area contributed by atoms with Crippen LogP contribution in [0.1, 0.15) is 76.3 Å². The number of nitrogens with zero attached hydrogens (tertiary/aromatic N) is 3. The maximum Gasteiger partial charge on any atom is 0.223 e. The van der Waals surface area contributed by atoms with Gasteiger partial charge in [0, 0.05) is 62.3 Å². The number of aromatic nitrogens is 1. The van der Waals surface area contributed by atoms with Crippen molar-refractivity contribution in [3.8, 4) is 0 Å². The molecule has 1 aromatic rings. The Hall–Kier alpha value is -1.71. The molecule has 1 aromatic heterocycles. The number of carbonyl (C=O) groups excluding carboxylic acids is 2. The van der Waals surface area contributed by atoms with Gasteiger partial charge in [0.05, 0.1) is 18.4 Å². The number of anilines is 1. The highest BCUT2D eigenvalue weighted by atomic mass is 32.1. The van der Waals surface area contributed by atoms with E-state index < -0.39 is 11.5 Å². The van der Waals surface area contributed by atoms with E-state index in [2.05, 4.69) is 19.2 Å². The number of rotatable bonds is 7. The fraction of sp³-hybridized carbons (Fsp3) is 0.808. The molecular formula is C26H42N4O4S. The molecule has 3 aliphatic rings. The van der Waals surface area contributed by atoms with Crippen LogP contribution >= 0.6 is 11.3 Å². The Morgan fingerprint density at radius 2 is 1.89 bits per heavy atom. The van der Waals surface area contributed by atoms with Gasteiger partial charge in [-0.15, -0.1) is 11.3 Å². The average molecular weight is 507 g/mol. The van der Waals surface area contributed by atoms with E-state index in [1.165, 1.54) is 4.88 Å². The van der Waals surface area contributed by atoms with Gasteiger partial charge >= 0.3 is 0 Å². The van der Waals surface area contributed by atoms with E-state index in [-0.39, 0.29) is 35.7 Å². The highest BCUT2D eigenvalue weighted by molar-refractivity contribution is 7.15. The van der Waals surface area contributed by atoms with Gasteiger partial charge < -0.3 is 25.3 Å². The summed E-state index contributed by atoms with van der Waals surface area (Å²) < 4.78 is 0. The lowest BCUT2D eigenvalue weighted by molar-refractivity contribution is -0.149. The van der Waals surface area contributed by atoms with Crippen molar-refractivity contribution < 1.29 is 19.8 Å². The third kappa shape index (κ3) is 4.83. The van der Waals surface area contributed by atoms with E-state index >= 15 is 0 Å². The predicted molar refractivity (Wildman–Crippen MR) is 137 cm³/mol. The first-order valence-corrected chi connectivity index (χ1v) is 14.0. The molecule has 35 heavy (non-hydrogen) atoms. The van der Waals surface area contributed by atoms with Gasteiger partial charge in [0.1, 0.15) is 0 Å². The first-order valence-electron chi connectivity index (χ1n) is 13.2. The minimum atomic E-state index is -0.612. The minimum Gasteiger partial charge on any atom is -0.396 e. The maximum absolute atomic E-state index is 13.6. The third-order valence-electron chi connectivity index (χ3n) is 9.16. The van der Waals surface area contributed by atoms with Gasteiger partial charge in [-0.1, -0.05) is 27.2 Å². The highest BCUT2D eigenvalue weighted by Crippen LogP contribution is 2.62. The van der Waals surface area contributed by atoms with E-state index in [0.717, 1.165) is 43.1 Å². The standard InChI is InChI=1S/C26H42N4O4S/c1-5-6-9-27-24-28-23-18(14-22(34)30-12-10-29(11-13-30)17(2)32)25(3)8-7-21(33)26(4,16-31)20(25)15-19(23)35-24/h18,20-21,31,33H,5-16H2,1-4H3,(H,27,28)/t18-,20-,21-,25+,26+/m1/s1. The number of hydrogen-bond donors (Lipinski definition) is 3. The van der Waals surface area contributed by atoms with Gasteiger partial charge in [-0.25, -0.2) is 4.98 Å². The normalized spacial score (nSPS) is 32.7. The van der Waals surface area contributed by atoms with Crippen LogP contribution in [0, 0.1) is 16.7 Å². The van der Waals surface area contributed by atoms with E-state index in [0.29, 0.717) is 39.0 Å². The number of nitrogens with one attached hydrogen (secondary N) is 1. The molecule has 1 aliphatic heterocycles. The SMILES string of the molecule is CCCCNc1nc2c(s1)C[C@H]1[C@](C)(CO)[C@H](O)CC[C@@]1(C)[C@@H]2CC(=O)N1CCN(C(C)=O)CC1. The van der Waals surface area contributed by atoms with Crippen molar-refractivity contribution in [1.29, 1.82) is 0 Å². The van der Waals surface area contributed by atoms with Crippen LogP contribution in [0.25, 0.3) is 0 Å². The number of aliphatic hydroxyl groups is 2. The third-order valence-corrected chi connectivity index (χ3v) is 10.2. The topological polar surface area (TPSA) is 106 Å². The molecule has 2 heterocycles. The van der Waals surface area contributed by atoms with Crippen molar-refractivity contribution in [3.05, 3.63) is 10.6 Å². The lowest BCUT2D eigenvalue weighted by Gasteiger charge is -2.58. The zero-order valence-electron chi connectivity index (χ0n) is 21.7. The number of amides is 2. The molecule has 0 radical (unpaired) electrons. The predicted octanol–water partition coefficient (Wildman–Crippen LogP) is 2.85. The number of piperazine rings is 1. The van der Waals surface area contributed by atoms with Gasteiger partial charge in [0.15, 0.2) is 5.13 Å². The smallest absolute Gasteiger partial charge is 0.223 e. The van der Waals surface area contributed by atoms with Crippen LogP contribution in [-0.4, -0.2) is 82.2 Å². The molecule has 1 saturated heterocycles. The fourth-order valence-electron chi connectivity index (χ4n) is 6.67. The summed E-state index contributed by atoms with van der Waals surface area (Å²) in [5, 5.41) is 25.7. The molecule has 9 heteroatoms. The lowest BCUT2D eigenvalue weighted by atomic mass is 9.47. The largest absolute Gasteiger partial charge is 0.396 e. The number of unbranched alkanes of at least 4 members (excludes halogenated alkanes) is 1. The molecule has 4 rings (SSSR count). The van der Waals surface area contributed by atoms with Crippen molar-refractivity contribution in [2.75, 3.05) is 44.6 Å². The Labute approximate surface area is 213 Å². The van der Waals surface area contributed by atoms with Gasteiger partial charge in [-0.2, -0.15) is 0 Å². The summed E-state index contributed by atoms with van der Waals surface area (Å²) >= 11 is 1.67. The second-order valence-electron chi connectivity index (χ2n) is 11.2. The number of thiazole rings is 1. The van der Waals surface area contributed by atoms with Crippen LogP contribution in [0.5, 0.6) is 0 Å². The molecule has 0 bridgehead atoms. The van der Waals surface area contributed by atoms with Crippen LogP contribution in [0.2, 0.25) is 0 Å². The number of aliphatic hydroxyl groups excluding tert-OH is 2. The summed E-state index contributed by atoms with van der Waals surface area (Å²) in [6.07, 6.45) is 4.20. The molecule has 5 atom stereocenters. The second-order valence-corrected chi connectivity index (χ2v) is 12.3. The summed E-state index contributed by atoms with van der Waals surface area (Å²) in [5.74, 6) is 0.161. The zero-order chi connectivity index (χ0) is 25.4. The summed E-state index contributed by atoms with van der Waals surface area (Å²) in [7, 11) is 0. The highest BCUT2D eigenvalue weighted by Gasteiger charge is 2.59. The van der Waals surface area contributed by atoms with Crippen molar-refractivity contribution in [2.45, 2.75) is 78.2 Å². The van der Waals surface area contributed by atoms with Crippen LogP contribution in [0.3, 0.4) is 0 Å². The van der Waals surface area contributed by atoms with Crippen molar-refractivity contribution in [3.63, 3.8) is 0 Å². The maximum atomic E-state index is 13.6. The minimum absolute atomic E-state index is 0.0546. The number of fused-ring (bicyclic) bond motifs is 2. The summed E-state index contributed by atoms with van der Waals surface area (Å²) in [5.41, 5.74) is 0.175. The second kappa shape index (κ2) is 10.3. The molecule has 0 spiro atoms. The number of carbonyl (C=O) groups is 2. The molecule has 2 aliphatic carbocycles. The van der Waals surface area contributed by atoms with Crippen LogP contribution < -0.4 is 5.32 Å². The first-order chi connectivity index (χ1) is 16.6. The Kier molecular flexibility index (Phi) is 7.79. The molecule has 2 amide bonds. The molecule has 3 N–H and O–H groups in total. The first kappa shape index (κ1) is 26.4. The van der Waals surface area contributed by atoms with Gasteiger partial charge in [0.2, 0.25) is 11.8 Å². The molecular weight excluding hydrogens is 464 g/mol. The van der Waals surface area contributed by atoms with E-state index in [4.69, 9.17) is 4.98 Å². The Morgan fingerprint density at radius 3 is 2.51 bits per heavy atom. The molecule has 196 valence electrons. The van der Waals surface area contributed by atoms with E-state index in [9.17, 15) is 19.8 Å². The van der Waals surface area contributed by atoms with Crippen LogP contribution in [0.15, 0.2) is 0 Å². The van der Waals surface area contributed by atoms with Gasteiger partial charge in [-0.05, 0) is 37.0 Å². The van der Waals surface area contributed by atoms with Crippen molar-refractivity contribution >= 4 is 28.3 Å². The van der Waals surface area contributed by atoms with E-state index in [1.54, 1.807) is 23.2 Å². The zero-order valence-corrected chi connectivity index (χ0v) is 22.5.